The highest BCUT2D eigenvalue weighted by Gasteiger charge is 2.36. The number of hydrogen-bond acceptors (Lipinski definition) is 5. The molecule has 0 unspecified atom stereocenters. The van der Waals surface area contributed by atoms with Crippen LogP contribution in [-0.2, 0) is 4.79 Å². The van der Waals surface area contributed by atoms with Crippen LogP contribution in [0.5, 0.6) is 11.5 Å². The van der Waals surface area contributed by atoms with Crippen LogP contribution in [0.4, 0.5) is 11.4 Å². The van der Waals surface area contributed by atoms with E-state index in [1.54, 1.807) is 72.8 Å². The SMILES string of the molecule is COc1ccccc1OCC(=O)Nc1cccc(N2C(=O)c3ccccc3C2=O)c1. The van der Waals surface area contributed by atoms with E-state index in [1.165, 1.54) is 7.11 Å². The Morgan fingerprint density at radius 1 is 0.867 bits per heavy atom. The summed E-state index contributed by atoms with van der Waals surface area (Å²) in [4.78, 5) is 38.7. The summed E-state index contributed by atoms with van der Waals surface area (Å²) < 4.78 is 10.7. The van der Waals surface area contributed by atoms with E-state index in [0.29, 0.717) is 34.0 Å². The van der Waals surface area contributed by atoms with Crippen LogP contribution in [-0.4, -0.2) is 31.4 Å². The van der Waals surface area contributed by atoms with Gasteiger partial charge in [-0.05, 0) is 42.5 Å². The number of nitrogens with one attached hydrogen (secondary N) is 1. The molecule has 1 aliphatic rings. The first-order valence-corrected chi connectivity index (χ1v) is 9.22. The molecule has 150 valence electrons. The van der Waals surface area contributed by atoms with Gasteiger partial charge in [-0.3, -0.25) is 14.4 Å². The van der Waals surface area contributed by atoms with E-state index in [4.69, 9.17) is 9.47 Å². The molecule has 1 N–H and O–H groups in total. The minimum atomic E-state index is -0.390. The van der Waals surface area contributed by atoms with Crippen LogP contribution in [0.3, 0.4) is 0 Å². The summed E-state index contributed by atoms with van der Waals surface area (Å²) in [6, 6.07) is 20.2. The number of nitrogens with zero attached hydrogens (tertiary/aromatic N) is 1. The normalized spacial score (nSPS) is 12.5. The van der Waals surface area contributed by atoms with Crippen LogP contribution in [0.1, 0.15) is 20.7 Å². The summed E-state index contributed by atoms with van der Waals surface area (Å²) in [5.74, 6) is -0.189. The second-order valence-corrected chi connectivity index (χ2v) is 6.53. The molecule has 0 saturated carbocycles. The predicted molar refractivity (Wildman–Crippen MR) is 111 cm³/mol. The van der Waals surface area contributed by atoms with E-state index in [9.17, 15) is 14.4 Å². The van der Waals surface area contributed by atoms with E-state index in [2.05, 4.69) is 5.32 Å². The van der Waals surface area contributed by atoms with Gasteiger partial charge in [-0.25, -0.2) is 4.90 Å². The van der Waals surface area contributed by atoms with Gasteiger partial charge in [0.25, 0.3) is 17.7 Å². The maximum atomic E-state index is 12.6. The van der Waals surface area contributed by atoms with Gasteiger partial charge in [0.15, 0.2) is 18.1 Å². The van der Waals surface area contributed by atoms with Crippen molar-refractivity contribution < 1.29 is 23.9 Å². The molecule has 1 aliphatic heterocycles. The van der Waals surface area contributed by atoms with Crippen LogP contribution >= 0.6 is 0 Å². The smallest absolute Gasteiger partial charge is 0.266 e. The van der Waals surface area contributed by atoms with Gasteiger partial charge >= 0.3 is 0 Å². The Bertz CT molecular complexity index is 1110. The monoisotopic (exact) mass is 402 g/mol. The number of para-hydroxylation sites is 2. The highest BCUT2D eigenvalue weighted by molar-refractivity contribution is 6.34. The molecule has 0 radical (unpaired) electrons. The first-order chi connectivity index (χ1) is 14.6. The molecule has 7 heteroatoms. The van der Waals surface area contributed by atoms with Crippen LogP contribution in [0.25, 0.3) is 0 Å². The Morgan fingerprint density at radius 3 is 2.17 bits per heavy atom. The number of benzene rings is 3. The Hall–Kier alpha value is -4.13. The molecule has 0 saturated heterocycles. The lowest BCUT2D eigenvalue weighted by Crippen LogP contribution is -2.29. The summed E-state index contributed by atoms with van der Waals surface area (Å²) >= 11 is 0. The fraction of sp³-hybridized carbons (Fsp3) is 0.0870. The molecule has 30 heavy (non-hydrogen) atoms. The van der Waals surface area contributed by atoms with Crippen molar-refractivity contribution in [2.45, 2.75) is 0 Å². The average Bonchev–Trinajstić information content (AvgIpc) is 3.03. The summed E-state index contributed by atoms with van der Waals surface area (Å²) in [5.41, 5.74) is 1.55. The number of carbonyl (C=O) groups is 3. The topological polar surface area (TPSA) is 84.9 Å². The molecular formula is C23H18N2O5. The quantitative estimate of drug-likeness (QED) is 0.638. The highest BCUT2D eigenvalue weighted by Crippen LogP contribution is 2.30. The molecule has 7 nitrogen and oxygen atoms in total. The average molecular weight is 402 g/mol. The Labute approximate surface area is 172 Å². The highest BCUT2D eigenvalue weighted by atomic mass is 16.5. The minimum Gasteiger partial charge on any atom is -0.493 e. The van der Waals surface area contributed by atoms with Gasteiger partial charge in [0.2, 0.25) is 0 Å². The van der Waals surface area contributed by atoms with Gasteiger partial charge in [-0.2, -0.15) is 0 Å². The third-order valence-electron chi connectivity index (χ3n) is 4.61. The first kappa shape index (κ1) is 19.2. The van der Waals surface area contributed by atoms with E-state index in [1.807, 2.05) is 0 Å². The largest absolute Gasteiger partial charge is 0.493 e. The van der Waals surface area contributed by atoms with Gasteiger partial charge in [0.05, 0.1) is 23.9 Å². The van der Waals surface area contributed by atoms with Crippen molar-refractivity contribution in [3.8, 4) is 11.5 Å². The zero-order valence-electron chi connectivity index (χ0n) is 16.1. The Morgan fingerprint density at radius 2 is 1.50 bits per heavy atom. The number of rotatable bonds is 6. The number of amides is 3. The molecule has 3 amide bonds. The molecule has 3 aromatic rings. The maximum Gasteiger partial charge on any atom is 0.266 e. The zero-order valence-corrected chi connectivity index (χ0v) is 16.1. The number of ether oxygens (including phenoxy) is 2. The molecular weight excluding hydrogens is 384 g/mol. The van der Waals surface area contributed by atoms with E-state index in [0.717, 1.165) is 4.90 Å². The second kappa shape index (κ2) is 8.08. The molecule has 0 spiro atoms. The van der Waals surface area contributed by atoms with Crippen LogP contribution < -0.4 is 19.7 Å². The number of fused-ring (bicyclic) bond motifs is 1. The number of methoxy groups -OCH3 is 1. The van der Waals surface area contributed by atoms with E-state index >= 15 is 0 Å². The summed E-state index contributed by atoms with van der Waals surface area (Å²) in [6.07, 6.45) is 0. The van der Waals surface area contributed by atoms with Gasteiger partial charge in [-0.15, -0.1) is 0 Å². The minimum absolute atomic E-state index is 0.225. The molecule has 0 fully saturated rings. The molecule has 3 aromatic carbocycles. The lowest BCUT2D eigenvalue weighted by atomic mass is 10.1. The lowest BCUT2D eigenvalue weighted by Gasteiger charge is -2.15. The van der Waals surface area contributed by atoms with Crippen LogP contribution in [0.15, 0.2) is 72.8 Å². The van der Waals surface area contributed by atoms with Crippen LogP contribution in [0, 0.1) is 0 Å². The molecule has 0 aromatic heterocycles. The maximum absolute atomic E-state index is 12.6. The predicted octanol–water partition coefficient (Wildman–Crippen LogP) is 3.51. The van der Waals surface area contributed by atoms with Gasteiger partial charge in [0, 0.05) is 5.69 Å². The number of imide groups is 1. The van der Waals surface area contributed by atoms with Gasteiger partial charge < -0.3 is 14.8 Å². The molecule has 4 rings (SSSR count). The zero-order chi connectivity index (χ0) is 21.1. The Balaban J connectivity index is 1.46. The van der Waals surface area contributed by atoms with Crippen molar-refractivity contribution in [2.75, 3.05) is 23.9 Å². The fourth-order valence-electron chi connectivity index (χ4n) is 3.22. The summed E-state index contributed by atoms with van der Waals surface area (Å²) in [6.45, 7) is -0.225. The van der Waals surface area contributed by atoms with Gasteiger partial charge in [-0.1, -0.05) is 30.3 Å². The third kappa shape index (κ3) is 3.60. The molecule has 1 heterocycles. The van der Waals surface area contributed by atoms with Crippen molar-refractivity contribution >= 4 is 29.1 Å². The van der Waals surface area contributed by atoms with Crippen molar-refractivity contribution in [1.29, 1.82) is 0 Å². The first-order valence-electron chi connectivity index (χ1n) is 9.22. The number of anilines is 2. The van der Waals surface area contributed by atoms with E-state index < -0.39 is 11.8 Å². The standard InChI is InChI=1S/C23H18N2O5/c1-29-19-11-4-5-12-20(19)30-14-21(26)24-15-7-6-8-16(13-15)25-22(27)17-9-2-3-10-18(17)23(25)28/h2-13H,14H2,1H3,(H,24,26). The van der Waals surface area contributed by atoms with Gasteiger partial charge in [0.1, 0.15) is 0 Å². The number of carbonyl (C=O) groups excluding carboxylic acids is 3. The van der Waals surface area contributed by atoms with Crippen molar-refractivity contribution in [2.24, 2.45) is 0 Å². The molecule has 0 atom stereocenters. The molecule has 0 bridgehead atoms. The lowest BCUT2D eigenvalue weighted by molar-refractivity contribution is -0.118. The van der Waals surface area contributed by atoms with Crippen molar-refractivity contribution in [3.63, 3.8) is 0 Å². The number of hydrogen-bond donors (Lipinski definition) is 1. The van der Waals surface area contributed by atoms with Crippen molar-refractivity contribution in [3.05, 3.63) is 83.9 Å². The van der Waals surface area contributed by atoms with Crippen LogP contribution in [0.2, 0.25) is 0 Å². The third-order valence-corrected chi connectivity index (χ3v) is 4.61. The van der Waals surface area contributed by atoms with Crippen molar-refractivity contribution in [1.82, 2.24) is 0 Å². The Kier molecular flexibility index (Phi) is 5.17. The second-order valence-electron chi connectivity index (χ2n) is 6.53. The fourth-order valence-corrected chi connectivity index (χ4v) is 3.22. The van der Waals surface area contributed by atoms with E-state index in [-0.39, 0.29) is 12.5 Å². The molecule has 0 aliphatic carbocycles. The summed E-state index contributed by atoms with van der Waals surface area (Å²) in [5, 5.41) is 2.71. The summed E-state index contributed by atoms with van der Waals surface area (Å²) in [7, 11) is 1.52.